The second kappa shape index (κ2) is 7.35. The highest BCUT2D eigenvalue weighted by Crippen LogP contribution is 2.22. The zero-order chi connectivity index (χ0) is 17.0. The smallest absolute Gasteiger partial charge is 0.223 e. The largest absolute Gasteiger partial charge is 0.398 e. The summed E-state index contributed by atoms with van der Waals surface area (Å²) in [7, 11) is 0. The van der Waals surface area contributed by atoms with Crippen LogP contribution in [0.4, 0.5) is 5.69 Å². The number of nitrogens with one attached hydrogen (secondary N) is 1. The first-order chi connectivity index (χ1) is 10.8. The van der Waals surface area contributed by atoms with Gasteiger partial charge >= 0.3 is 0 Å². The quantitative estimate of drug-likeness (QED) is 0.839. The molecule has 1 fully saturated rings. The molecule has 0 unspecified atom stereocenters. The number of nitrogens with two attached hydrogens (primary N) is 1. The highest BCUT2D eigenvalue weighted by molar-refractivity contribution is 5.79. The van der Waals surface area contributed by atoms with Gasteiger partial charge in [0.05, 0.1) is 0 Å². The number of nitrogen functional groups attached to an aromatic ring is 1. The van der Waals surface area contributed by atoms with Crippen molar-refractivity contribution in [2.75, 3.05) is 18.8 Å². The lowest BCUT2D eigenvalue weighted by atomic mass is 9.94. The number of piperidine rings is 1. The van der Waals surface area contributed by atoms with Crippen LogP contribution >= 0.6 is 0 Å². The van der Waals surface area contributed by atoms with Crippen LogP contribution in [0.15, 0.2) is 18.2 Å². The van der Waals surface area contributed by atoms with E-state index in [9.17, 15) is 4.79 Å². The molecule has 4 heteroatoms. The molecule has 0 spiro atoms. The lowest BCUT2D eigenvalue weighted by molar-refractivity contribution is -0.127. The molecule has 23 heavy (non-hydrogen) atoms. The Labute approximate surface area is 140 Å². The Bertz CT molecular complexity index is 540. The third-order valence-corrected chi connectivity index (χ3v) is 4.45. The second-order valence-electron chi connectivity index (χ2n) is 7.68. The van der Waals surface area contributed by atoms with Gasteiger partial charge in [0.2, 0.25) is 5.91 Å². The summed E-state index contributed by atoms with van der Waals surface area (Å²) in [5.41, 5.74) is 9.31. The minimum absolute atomic E-state index is 0.146. The molecule has 1 saturated heterocycles. The maximum atomic E-state index is 12.2. The fraction of sp³-hybridized carbons (Fsp3) is 0.632. The van der Waals surface area contributed by atoms with Gasteiger partial charge in [-0.25, -0.2) is 0 Å². The summed E-state index contributed by atoms with van der Waals surface area (Å²) >= 11 is 0. The first-order valence-corrected chi connectivity index (χ1v) is 8.70. The summed E-state index contributed by atoms with van der Waals surface area (Å²) in [6.07, 6.45) is 2.84. The summed E-state index contributed by atoms with van der Waals surface area (Å²) in [6.45, 7) is 11.1. The van der Waals surface area contributed by atoms with Crippen molar-refractivity contribution in [3.63, 3.8) is 0 Å². The van der Waals surface area contributed by atoms with Crippen molar-refractivity contribution in [2.24, 2.45) is 5.92 Å². The normalized spacial score (nSPS) is 17.2. The lowest BCUT2D eigenvalue weighted by Gasteiger charge is -2.33. The summed E-state index contributed by atoms with van der Waals surface area (Å²) in [5, 5.41) is 3.10. The van der Waals surface area contributed by atoms with E-state index in [1.807, 2.05) is 20.8 Å². The van der Waals surface area contributed by atoms with Gasteiger partial charge < -0.3 is 11.1 Å². The number of rotatable bonds is 4. The van der Waals surface area contributed by atoms with E-state index in [1.165, 1.54) is 11.1 Å². The molecule has 1 aromatic rings. The standard InChI is InChI=1S/C19H31N3O/c1-5-15-7-6-14(12-17(15)20)13-22-10-8-16(9-11-22)18(23)21-19(2,3)4/h6-7,12,16H,5,8-11,13,20H2,1-4H3,(H,21,23). The third kappa shape index (κ3) is 5.24. The molecule has 0 aliphatic carbocycles. The molecular formula is C19H31N3O. The first-order valence-electron chi connectivity index (χ1n) is 8.70. The number of likely N-dealkylation sites (tertiary alicyclic amines) is 1. The summed E-state index contributed by atoms with van der Waals surface area (Å²) in [5.74, 6) is 0.353. The average Bonchev–Trinajstić information content (AvgIpc) is 2.46. The number of carbonyl (C=O) groups is 1. The van der Waals surface area contributed by atoms with Crippen LogP contribution in [0.2, 0.25) is 0 Å². The molecule has 1 heterocycles. The molecule has 3 N–H and O–H groups in total. The summed E-state index contributed by atoms with van der Waals surface area (Å²) in [4.78, 5) is 14.7. The Morgan fingerprint density at radius 3 is 2.48 bits per heavy atom. The number of aryl methyl sites for hydroxylation is 1. The van der Waals surface area contributed by atoms with E-state index in [2.05, 4.69) is 35.3 Å². The maximum absolute atomic E-state index is 12.2. The molecular weight excluding hydrogens is 286 g/mol. The van der Waals surface area contributed by atoms with Gasteiger partial charge in [-0.15, -0.1) is 0 Å². The molecule has 2 rings (SSSR count). The van der Waals surface area contributed by atoms with E-state index < -0.39 is 0 Å². The number of hydrogen-bond donors (Lipinski definition) is 2. The predicted molar refractivity (Wildman–Crippen MR) is 96.1 cm³/mol. The summed E-state index contributed by atoms with van der Waals surface area (Å²) in [6, 6.07) is 6.40. The predicted octanol–water partition coefficient (Wildman–Crippen LogP) is 2.96. The molecule has 1 aliphatic heterocycles. The van der Waals surface area contributed by atoms with Gasteiger partial charge in [0.25, 0.3) is 0 Å². The number of carbonyl (C=O) groups excluding carboxylic acids is 1. The molecule has 0 radical (unpaired) electrons. The molecule has 1 aromatic carbocycles. The number of benzene rings is 1. The van der Waals surface area contributed by atoms with Gasteiger partial charge in [0.1, 0.15) is 0 Å². The van der Waals surface area contributed by atoms with Crippen LogP contribution < -0.4 is 11.1 Å². The molecule has 4 nitrogen and oxygen atoms in total. The van der Waals surface area contributed by atoms with E-state index in [1.54, 1.807) is 0 Å². The van der Waals surface area contributed by atoms with Crippen molar-refractivity contribution >= 4 is 11.6 Å². The molecule has 1 amide bonds. The van der Waals surface area contributed by atoms with Gasteiger partial charge in [-0.05, 0) is 70.3 Å². The number of nitrogens with zero attached hydrogens (tertiary/aromatic N) is 1. The average molecular weight is 317 g/mol. The van der Waals surface area contributed by atoms with Crippen molar-refractivity contribution in [1.29, 1.82) is 0 Å². The van der Waals surface area contributed by atoms with Gasteiger partial charge in [-0.1, -0.05) is 19.1 Å². The molecule has 0 saturated carbocycles. The molecule has 1 aliphatic rings. The zero-order valence-corrected chi connectivity index (χ0v) is 15.0. The Morgan fingerprint density at radius 2 is 1.96 bits per heavy atom. The van der Waals surface area contributed by atoms with Gasteiger partial charge in [0, 0.05) is 23.7 Å². The summed E-state index contributed by atoms with van der Waals surface area (Å²) < 4.78 is 0. The minimum Gasteiger partial charge on any atom is -0.398 e. The zero-order valence-electron chi connectivity index (χ0n) is 15.0. The number of amides is 1. The fourth-order valence-corrected chi connectivity index (χ4v) is 3.15. The monoisotopic (exact) mass is 317 g/mol. The van der Waals surface area contributed by atoms with Crippen LogP contribution in [-0.4, -0.2) is 29.4 Å². The lowest BCUT2D eigenvalue weighted by Crippen LogP contribution is -2.46. The highest BCUT2D eigenvalue weighted by Gasteiger charge is 2.27. The van der Waals surface area contributed by atoms with E-state index in [0.717, 1.165) is 44.6 Å². The maximum Gasteiger partial charge on any atom is 0.223 e. The highest BCUT2D eigenvalue weighted by atomic mass is 16.2. The van der Waals surface area contributed by atoms with Crippen LogP contribution in [0.1, 0.15) is 51.7 Å². The van der Waals surface area contributed by atoms with Crippen LogP contribution in [-0.2, 0) is 17.8 Å². The van der Waals surface area contributed by atoms with Crippen molar-refractivity contribution in [3.8, 4) is 0 Å². The van der Waals surface area contributed by atoms with E-state index in [-0.39, 0.29) is 17.4 Å². The number of hydrogen-bond acceptors (Lipinski definition) is 3. The molecule has 0 atom stereocenters. The Kier molecular flexibility index (Phi) is 5.69. The van der Waals surface area contributed by atoms with E-state index in [0.29, 0.717) is 0 Å². The Morgan fingerprint density at radius 1 is 1.30 bits per heavy atom. The van der Waals surface area contributed by atoms with Gasteiger partial charge in [-0.3, -0.25) is 9.69 Å². The SMILES string of the molecule is CCc1ccc(CN2CCC(C(=O)NC(C)(C)C)CC2)cc1N. The van der Waals surface area contributed by atoms with Gasteiger partial charge in [-0.2, -0.15) is 0 Å². The van der Waals surface area contributed by atoms with Crippen molar-refractivity contribution in [2.45, 2.75) is 59.0 Å². The van der Waals surface area contributed by atoms with E-state index >= 15 is 0 Å². The first kappa shape index (κ1) is 17.8. The minimum atomic E-state index is -0.146. The van der Waals surface area contributed by atoms with E-state index in [4.69, 9.17) is 5.73 Å². The Balaban J connectivity index is 1.85. The topological polar surface area (TPSA) is 58.4 Å². The van der Waals surface area contributed by atoms with Crippen LogP contribution in [0.3, 0.4) is 0 Å². The van der Waals surface area contributed by atoms with Crippen LogP contribution in [0.5, 0.6) is 0 Å². The van der Waals surface area contributed by atoms with Crippen LogP contribution in [0, 0.1) is 5.92 Å². The van der Waals surface area contributed by atoms with Crippen molar-refractivity contribution < 1.29 is 4.79 Å². The molecule has 0 aromatic heterocycles. The van der Waals surface area contributed by atoms with Gasteiger partial charge in [0.15, 0.2) is 0 Å². The second-order valence-corrected chi connectivity index (χ2v) is 7.68. The van der Waals surface area contributed by atoms with Crippen molar-refractivity contribution in [3.05, 3.63) is 29.3 Å². The van der Waals surface area contributed by atoms with Crippen molar-refractivity contribution in [1.82, 2.24) is 10.2 Å². The number of anilines is 1. The third-order valence-electron chi connectivity index (χ3n) is 4.45. The van der Waals surface area contributed by atoms with Crippen LogP contribution in [0.25, 0.3) is 0 Å². The fourth-order valence-electron chi connectivity index (χ4n) is 3.15. The molecule has 0 bridgehead atoms. The Hall–Kier alpha value is -1.55. The molecule has 128 valence electrons.